The minimum absolute atomic E-state index is 0.0182. The highest BCUT2D eigenvalue weighted by atomic mass is 79.9. The number of ether oxygens (including phenoxy) is 1. The minimum atomic E-state index is -0.790. The number of halogens is 1. The first-order chi connectivity index (χ1) is 13.4. The predicted octanol–water partition coefficient (Wildman–Crippen LogP) is 5.53. The van der Waals surface area contributed by atoms with Gasteiger partial charge in [0.1, 0.15) is 5.75 Å². The molecule has 2 aromatic carbocycles. The monoisotopic (exact) mass is 457 g/mol. The quantitative estimate of drug-likeness (QED) is 0.121. The van der Waals surface area contributed by atoms with E-state index in [4.69, 9.17) is 4.74 Å². The van der Waals surface area contributed by atoms with Crippen LogP contribution in [0.3, 0.4) is 0 Å². The summed E-state index contributed by atoms with van der Waals surface area (Å²) >= 11 is 4.79. The van der Waals surface area contributed by atoms with Crippen LogP contribution in [0.5, 0.6) is 5.75 Å². The first kappa shape index (κ1) is 19.7. The van der Waals surface area contributed by atoms with Crippen molar-refractivity contribution in [2.75, 3.05) is 0 Å². The van der Waals surface area contributed by atoms with E-state index >= 15 is 0 Å². The average Bonchev–Trinajstić information content (AvgIpc) is 3.21. The summed E-state index contributed by atoms with van der Waals surface area (Å²) in [5, 5.41) is 12.8. The number of carbonyl (C=O) groups is 2. The number of non-ortho nitro benzene ring substituents is 1. The van der Waals surface area contributed by atoms with Crippen LogP contribution in [-0.4, -0.2) is 16.7 Å². The second-order valence-electron chi connectivity index (χ2n) is 5.55. The molecule has 1 aromatic heterocycles. The zero-order valence-electron chi connectivity index (χ0n) is 14.2. The molecule has 0 bridgehead atoms. The molecule has 8 heteroatoms. The van der Waals surface area contributed by atoms with Crippen molar-refractivity contribution in [1.82, 2.24) is 0 Å². The van der Waals surface area contributed by atoms with E-state index in [1.54, 1.807) is 18.2 Å². The third-order valence-electron chi connectivity index (χ3n) is 3.64. The van der Waals surface area contributed by atoms with E-state index < -0.39 is 10.9 Å². The van der Waals surface area contributed by atoms with Crippen LogP contribution in [0.15, 0.2) is 70.5 Å². The maximum Gasteiger partial charge on any atom is 0.343 e. The molecule has 0 saturated carbocycles. The van der Waals surface area contributed by atoms with E-state index in [-0.39, 0.29) is 28.3 Å². The summed E-state index contributed by atoms with van der Waals surface area (Å²) in [4.78, 5) is 36.2. The number of rotatable bonds is 6. The molecular weight excluding hydrogens is 446 g/mol. The average molecular weight is 458 g/mol. The molecule has 1 heterocycles. The van der Waals surface area contributed by atoms with E-state index in [1.165, 1.54) is 41.7 Å². The Hall–Kier alpha value is -3.10. The van der Waals surface area contributed by atoms with Crippen LogP contribution in [0.2, 0.25) is 0 Å². The number of carbonyl (C=O) groups excluding carboxylic acids is 2. The number of nitrogens with zero attached hydrogens (tertiary/aromatic N) is 1. The molecule has 0 aliphatic heterocycles. The first-order valence-corrected chi connectivity index (χ1v) is 9.63. The zero-order valence-corrected chi connectivity index (χ0v) is 16.6. The van der Waals surface area contributed by atoms with Crippen LogP contribution in [0.1, 0.15) is 25.6 Å². The van der Waals surface area contributed by atoms with Gasteiger partial charge in [0.2, 0.25) is 0 Å². The number of ketones is 1. The highest BCUT2D eigenvalue weighted by molar-refractivity contribution is 9.10. The SMILES string of the molecule is O=C(Oc1ccc(Br)cc1C(=O)/C=C/c1cccs1)c1cccc([N+](=O)[O-])c1. The molecule has 3 rings (SSSR count). The summed E-state index contributed by atoms with van der Waals surface area (Å²) in [6, 6.07) is 13.6. The summed E-state index contributed by atoms with van der Waals surface area (Å²) in [6.07, 6.45) is 3.08. The highest BCUT2D eigenvalue weighted by Crippen LogP contribution is 2.26. The second-order valence-corrected chi connectivity index (χ2v) is 7.45. The molecule has 0 N–H and O–H groups in total. The van der Waals surface area contributed by atoms with Crippen LogP contribution >= 0.6 is 27.3 Å². The van der Waals surface area contributed by atoms with Crippen LogP contribution < -0.4 is 4.74 Å². The van der Waals surface area contributed by atoms with Crippen LogP contribution in [0.4, 0.5) is 5.69 Å². The van der Waals surface area contributed by atoms with E-state index in [2.05, 4.69) is 15.9 Å². The summed E-state index contributed by atoms with van der Waals surface area (Å²) in [5.74, 6) is -1.06. The molecule has 0 aliphatic carbocycles. The van der Waals surface area contributed by atoms with E-state index in [9.17, 15) is 19.7 Å². The molecule has 28 heavy (non-hydrogen) atoms. The lowest BCUT2D eigenvalue weighted by atomic mass is 10.1. The Labute approximate surface area is 172 Å². The van der Waals surface area contributed by atoms with Crippen LogP contribution in [0.25, 0.3) is 6.08 Å². The molecule has 0 amide bonds. The zero-order chi connectivity index (χ0) is 20.1. The number of hydrogen-bond donors (Lipinski definition) is 0. The Kier molecular flexibility index (Phi) is 6.13. The van der Waals surface area contributed by atoms with Crippen LogP contribution in [0, 0.1) is 10.1 Å². The maximum atomic E-state index is 12.6. The highest BCUT2D eigenvalue weighted by Gasteiger charge is 2.17. The van der Waals surface area contributed by atoms with Gasteiger partial charge in [0.15, 0.2) is 5.78 Å². The van der Waals surface area contributed by atoms with Gasteiger partial charge in [0.25, 0.3) is 5.69 Å². The van der Waals surface area contributed by atoms with E-state index in [0.29, 0.717) is 4.47 Å². The van der Waals surface area contributed by atoms with Crippen molar-refractivity contribution in [3.05, 3.63) is 96.6 Å². The van der Waals surface area contributed by atoms with Crippen molar-refractivity contribution >= 4 is 50.8 Å². The Morgan fingerprint density at radius 2 is 1.93 bits per heavy atom. The standard InChI is InChI=1S/C20H12BrNO5S/c21-14-6-9-19(17(12-14)18(23)8-7-16-5-2-10-28-16)27-20(24)13-3-1-4-15(11-13)22(25)26/h1-12H/b8-7+. The van der Waals surface area contributed by atoms with Gasteiger partial charge in [-0.25, -0.2) is 4.79 Å². The molecule has 140 valence electrons. The van der Waals surface area contributed by atoms with Gasteiger partial charge in [-0.2, -0.15) is 0 Å². The number of hydrogen-bond acceptors (Lipinski definition) is 6. The van der Waals surface area contributed by atoms with Gasteiger partial charge in [0.05, 0.1) is 16.1 Å². The minimum Gasteiger partial charge on any atom is -0.422 e. The number of thiophene rings is 1. The van der Waals surface area contributed by atoms with Crippen LogP contribution in [-0.2, 0) is 0 Å². The molecule has 0 spiro atoms. The number of esters is 1. The molecule has 6 nitrogen and oxygen atoms in total. The van der Waals surface area contributed by atoms with Crippen molar-refractivity contribution in [3.8, 4) is 5.75 Å². The summed E-state index contributed by atoms with van der Waals surface area (Å²) in [5.41, 5.74) is -0.00829. The lowest BCUT2D eigenvalue weighted by Crippen LogP contribution is -2.11. The first-order valence-electron chi connectivity index (χ1n) is 7.96. The Balaban J connectivity index is 1.86. The van der Waals surface area contributed by atoms with Crippen molar-refractivity contribution < 1.29 is 19.2 Å². The maximum absolute atomic E-state index is 12.6. The number of nitro groups is 1. The topological polar surface area (TPSA) is 86.5 Å². The Morgan fingerprint density at radius 3 is 2.64 bits per heavy atom. The second kappa shape index (κ2) is 8.73. The van der Waals surface area contributed by atoms with E-state index in [0.717, 1.165) is 10.9 Å². The van der Waals surface area contributed by atoms with Crippen molar-refractivity contribution in [2.45, 2.75) is 0 Å². The summed E-state index contributed by atoms with van der Waals surface area (Å²) in [7, 11) is 0. The fourth-order valence-electron chi connectivity index (χ4n) is 2.32. The molecule has 0 saturated heterocycles. The molecule has 0 unspecified atom stereocenters. The predicted molar refractivity (Wildman–Crippen MR) is 110 cm³/mol. The van der Waals surface area contributed by atoms with Crippen molar-refractivity contribution in [3.63, 3.8) is 0 Å². The molecule has 0 atom stereocenters. The van der Waals surface area contributed by atoms with Gasteiger partial charge in [-0.3, -0.25) is 14.9 Å². The van der Waals surface area contributed by atoms with Gasteiger partial charge < -0.3 is 4.74 Å². The third kappa shape index (κ3) is 4.79. The largest absolute Gasteiger partial charge is 0.422 e. The lowest BCUT2D eigenvalue weighted by Gasteiger charge is -2.09. The van der Waals surface area contributed by atoms with Crippen molar-refractivity contribution in [2.24, 2.45) is 0 Å². The van der Waals surface area contributed by atoms with Gasteiger partial charge in [-0.1, -0.05) is 28.1 Å². The fraction of sp³-hybridized carbons (Fsp3) is 0. The van der Waals surface area contributed by atoms with Gasteiger partial charge in [-0.15, -0.1) is 11.3 Å². The Morgan fingerprint density at radius 1 is 1.11 bits per heavy atom. The number of nitro benzene ring substituents is 1. The van der Waals surface area contributed by atoms with E-state index in [1.807, 2.05) is 17.5 Å². The van der Waals surface area contributed by atoms with Gasteiger partial charge >= 0.3 is 5.97 Å². The summed E-state index contributed by atoms with van der Waals surface area (Å²) in [6.45, 7) is 0. The van der Waals surface area contributed by atoms with Gasteiger partial charge in [-0.05, 0) is 47.9 Å². The van der Waals surface area contributed by atoms with Gasteiger partial charge in [0, 0.05) is 21.5 Å². The molecular formula is C20H12BrNO5S. The normalized spacial score (nSPS) is 10.8. The lowest BCUT2D eigenvalue weighted by molar-refractivity contribution is -0.384. The Bertz CT molecular complexity index is 1080. The molecule has 3 aromatic rings. The summed E-state index contributed by atoms with van der Waals surface area (Å²) < 4.78 is 5.99. The molecule has 0 radical (unpaired) electrons. The number of allylic oxidation sites excluding steroid dienone is 1. The van der Waals surface area contributed by atoms with Crippen molar-refractivity contribution in [1.29, 1.82) is 0 Å². The molecule has 0 fully saturated rings. The number of benzene rings is 2. The third-order valence-corrected chi connectivity index (χ3v) is 4.98. The smallest absolute Gasteiger partial charge is 0.343 e. The molecule has 0 aliphatic rings. The fourth-order valence-corrected chi connectivity index (χ4v) is 3.30.